The quantitative estimate of drug-likeness (QED) is 0.869. The van der Waals surface area contributed by atoms with E-state index in [2.05, 4.69) is 4.98 Å². The summed E-state index contributed by atoms with van der Waals surface area (Å²) in [5.74, 6) is 1.17. The van der Waals surface area contributed by atoms with Crippen molar-refractivity contribution in [1.82, 2.24) is 4.98 Å². The van der Waals surface area contributed by atoms with Gasteiger partial charge in [0.1, 0.15) is 17.3 Å². The first-order valence-electron chi connectivity index (χ1n) is 5.43. The molecule has 2 aromatic rings. The average molecular weight is 234 g/mol. The van der Waals surface area contributed by atoms with E-state index in [1.54, 1.807) is 6.07 Å². The first-order valence-corrected chi connectivity index (χ1v) is 5.43. The number of nitrogens with zero attached hydrogens (tertiary/aromatic N) is 1. The van der Waals surface area contributed by atoms with Gasteiger partial charge in [0.15, 0.2) is 0 Å². The van der Waals surface area contributed by atoms with E-state index in [-0.39, 0.29) is 0 Å². The van der Waals surface area contributed by atoms with E-state index in [4.69, 9.17) is 10.2 Å². The van der Waals surface area contributed by atoms with Crippen LogP contribution in [0.25, 0.3) is 0 Å². The Morgan fingerprint density at radius 2 is 2.00 bits per heavy atom. The van der Waals surface area contributed by atoms with E-state index >= 15 is 0 Å². The van der Waals surface area contributed by atoms with Crippen LogP contribution in [0.5, 0.6) is 0 Å². The highest BCUT2D eigenvalue weighted by molar-refractivity contribution is 5.40. The number of aryl methyl sites for hydroxylation is 2. The second kappa shape index (κ2) is 4.30. The minimum absolute atomic E-state index is 0.391. The average Bonchev–Trinajstić information content (AvgIpc) is 2.53. The molecule has 0 aromatic carbocycles. The molecule has 0 amide bonds. The molecule has 0 spiro atoms. The highest BCUT2D eigenvalue weighted by Gasteiger charge is 2.21. The Kier molecular flexibility index (Phi) is 2.98. The van der Waals surface area contributed by atoms with Crippen LogP contribution >= 0.6 is 0 Å². The van der Waals surface area contributed by atoms with Crippen LogP contribution in [-0.4, -0.2) is 4.98 Å². The van der Waals surface area contributed by atoms with Crippen molar-refractivity contribution in [3.63, 3.8) is 0 Å². The lowest BCUT2D eigenvalue weighted by molar-refractivity contribution is 0.497. The van der Waals surface area contributed by atoms with Gasteiger partial charge in [0.05, 0.1) is 12.2 Å². The van der Waals surface area contributed by atoms with E-state index in [0.717, 1.165) is 22.6 Å². The van der Waals surface area contributed by atoms with Crippen molar-refractivity contribution >= 4 is 0 Å². The molecule has 4 heteroatoms. The second-order valence-corrected chi connectivity index (χ2v) is 4.13. The lowest BCUT2D eigenvalue weighted by Crippen LogP contribution is -2.15. The van der Waals surface area contributed by atoms with Gasteiger partial charge in [-0.1, -0.05) is 0 Å². The Bertz CT molecular complexity index is 548. The van der Waals surface area contributed by atoms with Gasteiger partial charge >= 0.3 is 0 Å². The molecule has 0 bridgehead atoms. The molecule has 2 heterocycles. The summed E-state index contributed by atoms with van der Waals surface area (Å²) in [5.41, 5.74) is 8.37. The molecule has 0 radical (unpaired) electrons. The molecule has 17 heavy (non-hydrogen) atoms. The topological polar surface area (TPSA) is 52.0 Å². The highest BCUT2D eigenvalue weighted by Crippen LogP contribution is 2.30. The largest absolute Gasteiger partial charge is 0.466 e. The predicted octanol–water partition coefficient (Wildman–Crippen LogP) is 2.79. The van der Waals surface area contributed by atoms with Crippen molar-refractivity contribution in [3.8, 4) is 0 Å². The molecule has 90 valence electrons. The molecule has 2 rings (SSSR count). The van der Waals surface area contributed by atoms with Crippen molar-refractivity contribution in [3.05, 3.63) is 52.5 Å². The van der Waals surface area contributed by atoms with Crippen LogP contribution in [0.1, 0.15) is 34.3 Å². The molecule has 0 aliphatic heterocycles. The number of nitrogens with two attached hydrogens (primary N) is 1. The third-order valence-electron chi connectivity index (χ3n) is 3.07. The van der Waals surface area contributed by atoms with Crippen LogP contribution in [0.15, 0.2) is 22.9 Å². The van der Waals surface area contributed by atoms with Gasteiger partial charge in [-0.25, -0.2) is 4.39 Å². The lowest BCUT2D eigenvalue weighted by atomic mass is 9.97. The molecular weight excluding hydrogens is 219 g/mol. The number of rotatable bonds is 2. The van der Waals surface area contributed by atoms with Crippen LogP contribution < -0.4 is 5.73 Å². The number of halogens is 1. The molecular formula is C13H15FN2O. The number of furan rings is 1. The molecule has 1 atom stereocenters. The summed E-state index contributed by atoms with van der Waals surface area (Å²) in [6.45, 7) is 5.65. The van der Waals surface area contributed by atoms with E-state index in [1.807, 2.05) is 20.8 Å². The number of aromatic nitrogens is 1. The first kappa shape index (κ1) is 11.8. The van der Waals surface area contributed by atoms with E-state index in [9.17, 15) is 4.39 Å². The Labute approximate surface area is 99.5 Å². The highest BCUT2D eigenvalue weighted by atomic mass is 19.1. The van der Waals surface area contributed by atoms with E-state index in [1.165, 1.54) is 12.4 Å². The zero-order valence-corrected chi connectivity index (χ0v) is 10.1. The molecule has 0 aliphatic rings. The van der Waals surface area contributed by atoms with Crippen molar-refractivity contribution in [2.45, 2.75) is 26.8 Å². The standard InChI is InChI=1S/C13H15FN2O/c1-7-8(2)17-9(3)12(7)13(15)10-4-5-16-6-11(10)14/h4-6,13H,15H2,1-3H3. The van der Waals surface area contributed by atoms with Gasteiger partial charge in [-0.3, -0.25) is 4.98 Å². The predicted molar refractivity (Wildman–Crippen MR) is 63.1 cm³/mol. The summed E-state index contributed by atoms with van der Waals surface area (Å²) in [5, 5.41) is 0. The van der Waals surface area contributed by atoms with Gasteiger partial charge in [0, 0.05) is 17.3 Å². The van der Waals surface area contributed by atoms with E-state index < -0.39 is 11.9 Å². The van der Waals surface area contributed by atoms with Crippen LogP contribution in [0.3, 0.4) is 0 Å². The molecule has 2 N–H and O–H groups in total. The molecule has 1 unspecified atom stereocenters. The molecule has 2 aromatic heterocycles. The van der Waals surface area contributed by atoms with Crippen LogP contribution in [-0.2, 0) is 0 Å². The van der Waals surface area contributed by atoms with Gasteiger partial charge in [-0.2, -0.15) is 0 Å². The Hall–Kier alpha value is -1.68. The SMILES string of the molecule is Cc1oc(C)c(C(N)c2ccncc2F)c1C. The normalized spacial score (nSPS) is 12.8. The van der Waals surface area contributed by atoms with Gasteiger partial charge in [0.2, 0.25) is 0 Å². The maximum atomic E-state index is 13.6. The summed E-state index contributed by atoms with van der Waals surface area (Å²) in [7, 11) is 0. The number of hydrogen-bond acceptors (Lipinski definition) is 3. The minimum atomic E-state index is -0.518. The Balaban J connectivity index is 2.51. The summed E-state index contributed by atoms with van der Waals surface area (Å²) < 4.78 is 19.1. The van der Waals surface area contributed by atoms with Gasteiger partial charge in [-0.15, -0.1) is 0 Å². The monoisotopic (exact) mass is 234 g/mol. The van der Waals surface area contributed by atoms with Crippen molar-refractivity contribution in [2.75, 3.05) is 0 Å². The molecule has 0 aliphatic carbocycles. The van der Waals surface area contributed by atoms with Crippen LogP contribution in [0, 0.1) is 26.6 Å². The molecule has 0 saturated carbocycles. The van der Waals surface area contributed by atoms with Crippen molar-refractivity contribution < 1.29 is 8.81 Å². The molecule has 0 fully saturated rings. The van der Waals surface area contributed by atoms with Crippen LogP contribution in [0.4, 0.5) is 4.39 Å². The maximum Gasteiger partial charge on any atom is 0.146 e. The summed E-state index contributed by atoms with van der Waals surface area (Å²) in [6, 6.07) is 1.08. The first-order chi connectivity index (χ1) is 8.02. The summed E-state index contributed by atoms with van der Waals surface area (Å²) in [6.07, 6.45) is 2.71. The van der Waals surface area contributed by atoms with E-state index in [0.29, 0.717) is 5.56 Å². The molecule has 0 saturated heterocycles. The number of hydrogen-bond donors (Lipinski definition) is 1. The van der Waals surface area contributed by atoms with Gasteiger partial charge < -0.3 is 10.2 Å². The summed E-state index contributed by atoms with van der Waals surface area (Å²) in [4.78, 5) is 3.72. The zero-order chi connectivity index (χ0) is 12.6. The van der Waals surface area contributed by atoms with Crippen molar-refractivity contribution in [2.24, 2.45) is 5.73 Å². The maximum absolute atomic E-state index is 13.6. The third kappa shape index (κ3) is 1.96. The Morgan fingerprint density at radius 1 is 1.29 bits per heavy atom. The van der Waals surface area contributed by atoms with Crippen LogP contribution in [0.2, 0.25) is 0 Å². The fourth-order valence-corrected chi connectivity index (χ4v) is 2.06. The fourth-order valence-electron chi connectivity index (χ4n) is 2.06. The third-order valence-corrected chi connectivity index (χ3v) is 3.07. The van der Waals surface area contributed by atoms with Gasteiger partial charge in [-0.05, 0) is 32.4 Å². The zero-order valence-electron chi connectivity index (χ0n) is 10.1. The second-order valence-electron chi connectivity index (χ2n) is 4.13. The van der Waals surface area contributed by atoms with Crippen molar-refractivity contribution in [1.29, 1.82) is 0 Å². The Morgan fingerprint density at radius 3 is 2.53 bits per heavy atom. The fraction of sp³-hybridized carbons (Fsp3) is 0.308. The lowest BCUT2D eigenvalue weighted by Gasteiger charge is -2.13. The van der Waals surface area contributed by atoms with Gasteiger partial charge in [0.25, 0.3) is 0 Å². The number of pyridine rings is 1. The minimum Gasteiger partial charge on any atom is -0.466 e. The summed E-state index contributed by atoms with van der Waals surface area (Å²) >= 11 is 0. The smallest absolute Gasteiger partial charge is 0.146 e. The molecule has 3 nitrogen and oxygen atoms in total.